The first-order chi connectivity index (χ1) is 11.3. The van der Waals surface area contributed by atoms with Crippen molar-refractivity contribution in [3.8, 4) is 0 Å². The van der Waals surface area contributed by atoms with E-state index in [9.17, 15) is 40.7 Å². The molecule has 6 nitrogen and oxygen atoms in total. The second-order valence-electron chi connectivity index (χ2n) is 6.19. The number of carboxylic acid groups (broad SMARTS) is 1. The molecule has 2 atom stereocenters. The maximum atomic E-state index is 13.1. The summed E-state index contributed by atoms with van der Waals surface area (Å²) in [4.78, 5) is 36.0. The molecule has 0 spiro atoms. The van der Waals surface area contributed by atoms with Crippen LogP contribution in [0.25, 0.3) is 0 Å². The summed E-state index contributed by atoms with van der Waals surface area (Å²) in [5.41, 5.74) is -3.10. The van der Waals surface area contributed by atoms with E-state index < -0.39 is 80.5 Å². The van der Waals surface area contributed by atoms with Crippen LogP contribution in [0.4, 0.5) is 26.3 Å². The predicted octanol–water partition coefficient (Wildman–Crippen LogP) is 1.26. The van der Waals surface area contributed by atoms with Gasteiger partial charge in [-0.15, -0.1) is 0 Å². The van der Waals surface area contributed by atoms with Crippen molar-refractivity contribution in [2.24, 2.45) is 11.3 Å². The van der Waals surface area contributed by atoms with Gasteiger partial charge in [-0.05, 0) is 6.42 Å². The van der Waals surface area contributed by atoms with Crippen molar-refractivity contribution < 1.29 is 45.8 Å². The van der Waals surface area contributed by atoms with Crippen LogP contribution in [0.3, 0.4) is 0 Å². The molecule has 0 aromatic carbocycles. The van der Waals surface area contributed by atoms with Gasteiger partial charge in [-0.1, -0.05) is 0 Å². The normalized spacial score (nSPS) is 27.9. The highest BCUT2D eigenvalue weighted by Gasteiger charge is 2.64. The number of carbonyl (C=O) groups is 3. The molecule has 2 saturated heterocycles. The Morgan fingerprint density at radius 1 is 1.20 bits per heavy atom. The summed E-state index contributed by atoms with van der Waals surface area (Å²) >= 11 is 0. The molecule has 2 rings (SSSR count). The van der Waals surface area contributed by atoms with Crippen LogP contribution in [0.5, 0.6) is 0 Å². The lowest BCUT2D eigenvalue weighted by Gasteiger charge is -2.28. The smallest absolute Gasteiger partial charge is 0.406 e. The van der Waals surface area contributed by atoms with Crippen molar-refractivity contribution in [2.45, 2.75) is 25.2 Å². The van der Waals surface area contributed by atoms with Gasteiger partial charge in [-0.25, -0.2) is 0 Å². The molecule has 142 valence electrons. The van der Waals surface area contributed by atoms with Crippen molar-refractivity contribution in [3.63, 3.8) is 0 Å². The van der Waals surface area contributed by atoms with Gasteiger partial charge in [0.1, 0.15) is 6.54 Å². The van der Waals surface area contributed by atoms with Gasteiger partial charge < -0.3 is 14.9 Å². The van der Waals surface area contributed by atoms with E-state index in [0.717, 1.165) is 0 Å². The number of halogens is 6. The Morgan fingerprint density at radius 3 is 2.24 bits per heavy atom. The summed E-state index contributed by atoms with van der Waals surface area (Å²) in [6.45, 7) is -3.71. The number of alkyl halides is 6. The van der Waals surface area contributed by atoms with Gasteiger partial charge >= 0.3 is 18.3 Å². The quantitative estimate of drug-likeness (QED) is 0.753. The minimum absolute atomic E-state index is 0.423. The van der Waals surface area contributed by atoms with Gasteiger partial charge in [0.05, 0.1) is 5.92 Å². The molecule has 2 amide bonds. The molecule has 2 heterocycles. The third kappa shape index (κ3) is 3.66. The summed E-state index contributed by atoms with van der Waals surface area (Å²) in [5, 5.41) is 8.93. The topological polar surface area (TPSA) is 77.9 Å². The Balaban J connectivity index is 2.08. The van der Waals surface area contributed by atoms with Gasteiger partial charge in [0.15, 0.2) is 5.41 Å². The second kappa shape index (κ2) is 6.06. The molecule has 0 aliphatic carbocycles. The SMILES string of the molecule is O=C1CC(C(=O)N2CCC(C(=O)O)(C(F)(F)F)C2)CN1CC(F)(F)F. The molecule has 2 fully saturated rings. The average molecular weight is 376 g/mol. The molecule has 2 aliphatic heterocycles. The summed E-state index contributed by atoms with van der Waals surface area (Å²) in [6.07, 6.45) is -11.1. The monoisotopic (exact) mass is 376 g/mol. The number of likely N-dealkylation sites (tertiary alicyclic amines) is 2. The molecule has 25 heavy (non-hydrogen) atoms. The number of nitrogens with zero attached hydrogens (tertiary/aromatic N) is 2. The van der Waals surface area contributed by atoms with Crippen molar-refractivity contribution in [2.75, 3.05) is 26.2 Å². The molecule has 0 aromatic heterocycles. The number of amides is 2. The molecule has 2 unspecified atom stereocenters. The number of rotatable bonds is 3. The average Bonchev–Trinajstić information content (AvgIpc) is 3.01. The van der Waals surface area contributed by atoms with Crippen LogP contribution in [0.1, 0.15) is 12.8 Å². The van der Waals surface area contributed by atoms with E-state index in [-0.39, 0.29) is 0 Å². The summed E-state index contributed by atoms with van der Waals surface area (Å²) in [5.74, 6) is -5.19. The zero-order valence-electron chi connectivity index (χ0n) is 12.7. The summed E-state index contributed by atoms with van der Waals surface area (Å²) < 4.78 is 76.3. The fourth-order valence-corrected chi connectivity index (χ4v) is 3.09. The van der Waals surface area contributed by atoms with Crippen LogP contribution >= 0.6 is 0 Å². The maximum absolute atomic E-state index is 13.1. The van der Waals surface area contributed by atoms with E-state index in [1.807, 2.05) is 0 Å². The summed E-state index contributed by atoms with van der Waals surface area (Å²) in [7, 11) is 0. The van der Waals surface area contributed by atoms with E-state index in [2.05, 4.69) is 0 Å². The summed E-state index contributed by atoms with van der Waals surface area (Å²) in [6, 6.07) is 0. The number of carboxylic acids is 1. The van der Waals surface area contributed by atoms with Gasteiger partial charge in [0, 0.05) is 26.1 Å². The van der Waals surface area contributed by atoms with Crippen molar-refractivity contribution in [1.29, 1.82) is 0 Å². The van der Waals surface area contributed by atoms with Gasteiger partial charge in [0.2, 0.25) is 11.8 Å². The second-order valence-corrected chi connectivity index (χ2v) is 6.19. The fourth-order valence-electron chi connectivity index (χ4n) is 3.09. The molecule has 1 N–H and O–H groups in total. The first-order valence-corrected chi connectivity index (χ1v) is 7.20. The number of carbonyl (C=O) groups excluding carboxylic acids is 2. The highest BCUT2D eigenvalue weighted by Crippen LogP contribution is 2.46. The molecular formula is C13H14F6N2O4. The zero-order chi connectivity index (χ0) is 19.2. The standard InChI is InChI=1S/C13H14F6N2O4/c14-12(15,16)6-21-4-7(3-8(21)22)9(23)20-2-1-11(5-20,10(24)25)13(17,18)19/h7H,1-6H2,(H,24,25). The maximum Gasteiger partial charge on any atom is 0.406 e. The lowest BCUT2D eigenvalue weighted by Crippen LogP contribution is -2.48. The van der Waals surface area contributed by atoms with Crippen molar-refractivity contribution in [1.82, 2.24) is 9.80 Å². The van der Waals surface area contributed by atoms with Gasteiger partial charge in [-0.3, -0.25) is 14.4 Å². The Bertz CT molecular complexity index is 590. The van der Waals surface area contributed by atoms with Crippen LogP contribution in [-0.2, 0) is 14.4 Å². The lowest BCUT2D eigenvalue weighted by molar-refractivity contribution is -0.227. The minimum atomic E-state index is -5.08. The number of hydrogen-bond acceptors (Lipinski definition) is 3. The molecule has 0 aromatic rings. The third-order valence-electron chi connectivity index (χ3n) is 4.47. The first kappa shape index (κ1) is 19.3. The highest BCUT2D eigenvalue weighted by molar-refractivity contribution is 5.90. The Hall–Kier alpha value is -2.01. The van der Waals surface area contributed by atoms with Crippen LogP contribution in [0.15, 0.2) is 0 Å². The fraction of sp³-hybridized carbons (Fsp3) is 0.769. The van der Waals surface area contributed by atoms with Gasteiger partial charge in [0.25, 0.3) is 0 Å². The van der Waals surface area contributed by atoms with Crippen molar-refractivity contribution in [3.05, 3.63) is 0 Å². The highest BCUT2D eigenvalue weighted by atomic mass is 19.4. The number of hydrogen-bond donors (Lipinski definition) is 1. The molecule has 0 saturated carbocycles. The van der Waals surface area contributed by atoms with Gasteiger partial charge in [-0.2, -0.15) is 26.3 Å². The Morgan fingerprint density at radius 2 is 1.80 bits per heavy atom. The Kier molecular flexibility index (Phi) is 4.68. The number of aliphatic carboxylic acids is 1. The van der Waals surface area contributed by atoms with Crippen LogP contribution in [0.2, 0.25) is 0 Å². The zero-order valence-corrected chi connectivity index (χ0v) is 12.7. The van der Waals surface area contributed by atoms with Crippen LogP contribution < -0.4 is 0 Å². The minimum Gasteiger partial charge on any atom is -0.481 e. The first-order valence-electron chi connectivity index (χ1n) is 7.20. The molecule has 0 bridgehead atoms. The molecular weight excluding hydrogens is 362 g/mol. The third-order valence-corrected chi connectivity index (χ3v) is 4.47. The van der Waals surface area contributed by atoms with E-state index >= 15 is 0 Å². The van der Waals surface area contributed by atoms with Crippen molar-refractivity contribution >= 4 is 17.8 Å². The Labute approximate surface area is 137 Å². The van der Waals surface area contributed by atoms with E-state index in [1.54, 1.807) is 0 Å². The van der Waals surface area contributed by atoms with Crippen LogP contribution in [-0.4, -0.2) is 71.2 Å². The largest absolute Gasteiger partial charge is 0.481 e. The lowest BCUT2D eigenvalue weighted by atomic mass is 9.86. The van der Waals surface area contributed by atoms with E-state index in [0.29, 0.717) is 9.80 Å². The van der Waals surface area contributed by atoms with Crippen LogP contribution in [0, 0.1) is 11.3 Å². The van der Waals surface area contributed by atoms with E-state index in [4.69, 9.17) is 5.11 Å². The molecule has 2 aliphatic rings. The van der Waals surface area contributed by atoms with E-state index in [1.165, 1.54) is 0 Å². The molecule has 12 heteroatoms. The predicted molar refractivity (Wildman–Crippen MR) is 68.1 cm³/mol. The molecule has 0 radical (unpaired) electrons.